The van der Waals surface area contributed by atoms with Crippen LogP contribution in [0.5, 0.6) is 0 Å². The fraction of sp³-hybridized carbons (Fsp3) is 0.0795. The van der Waals surface area contributed by atoms with Crippen LogP contribution in [0.4, 0.5) is 22.0 Å². The second-order valence-corrected chi connectivity index (χ2v) is 27.1. The number of fused-ring (bicyclic) bond motifs is 5. The fourth-order valence-electron chi connectivity index (χ4n) is 13.3. The highest BCUT2D eigenvalue weighted by Crippen LogP contribution is 2.43. The van der Waals surface area contributed by atoms with Gasteiger partial charge >= 0.3 is 6.18 Å². The fourth-order valence-corrected chi connectivity index (χ4v) is 13.3. The number of halogens is 5. The molecule has 1 aliphatic carbocycles. The van der Waals surface area contributed by atoms with Crippen molar-refractivity contribution in [2.75, 3.05) is 0 Å². The molecule has 0 radical (unpaired) electrons. The van der Waals surface area contributed by atoms with Crippen LogP contribution in [0.2, 0.25) is 0 Å². The van der Waals surface area contributed by atoms with E-state index in [1.54, 1.807) is 120 Å². The van der Waals surface area contributed by atoms with E-state index in [0.717, 1.165) is 108 Å². The van der Waals surface area contributed by atoms with Gasteiger partial charge in [-0.3, -0.25) is 29.3 Å². The maximum atomic E-state index is 13.5. The number of pyridine rings is 5. The summed E-state index contributed by atoms with van der Waals surface area (Å²) < 4.78 is 74.4. The van der Waals surface area contributed by atoms with Crippen LogP contribution in [0.25, 0.3) is 141 Å². The number of imidazole rings is 1. The van der Waals surface area contributed by atoms with Crippen LogP contribution in [0, 0.1) is 32.4 Å². The Bertz CT molecular complexity index is 6830. The van der Waals surface area contributed by atoms with Crippen LogP contribution in [0.1, 0.15) is 46.6 Å². The summed E-state index contributed by atoms with van der Waals surface area (Å²) in [5.41, 5.74) is 20.4. The maximum absolute atomic E-state index is 13.5. The summed E-state index contributed by atoms with van der Waals surface area (Å²) in [7, 11) is 0. The van der Waals surface area contributed by atoms with Crippen molar-refractivity contribution in [1.82, 2.24) is 118 Å². The van der Waals surface area contributed by atoms with Gasteiger partial charge in [-0.05, 0) is 147 Å². The normalized spacial score (nSPS) is 11.8. The number of benzene rings is 5. The van der Waals surface area contributed by atoms with E-state index in [4.69, 9.17) is 0 Å². The minimum atomic E-state index is -4.41. The van der Waals surface area contributed by atoms with Crippen molar-refractivity contribution in [1.29, 1.82) is 0 Å². The highest BCUT2D eigenvalue weighted by molar-refractivity contribution is 5.85. The van der Waals surface area contributed by atoms with Crippen molar-refractivity contribution in [3.05, 3.63) is 340 Å². The first-order valence-corrected chi connectivity index (χ1v) is 36.7. The maximum Gasteiger partial charge on any atom is 0.416 e. The van der Waals surface area contributed by atoms with E-state index in [0.29, 0.717) is 62.4 Å². The quantitative estimate of drug-likeness (QED) is 0.109. The summed E-state index contributed by atoms with van der Waals surface area (Å²) in [6.45, 7) is 5.57. The minimum absolute atomic E-state index is 0.215. The summed E-state index contributed by atoms with van der Waals surface area (Å²) in [5, 5.41) is 16.5. The Morgan fingerprint density at radius 2 is 0.658 bits per heavy atom. The third-order valence-corrected chi connectivity index (χ3v) is 19.2. The van der Waals surface area contributed by atoms with Gasteiger partial charge in [-0.1, -0.05) is 84.4 Å². The summed E-state index contributed by atoms with van der Waals surface area (Å²) in [6, 6.07) is 51.4. The molecule has 1 aliphatic rings. The van der Waals surface area contributed by atoms with Gasteiger partial charge in [-0.2, -0.15) is 53.5 Å². The lowest BCUT2D eigenvalue weighted by Crippen LogP contribution is -2.04. The van der Waals surface area contributed by atoms with Gasteiger partial charge in [-0.25, -0.2) is 56.7 Å². The first-order valence-electron chi connectivity index (χ1n) is 36.7. The Morgan fingerprint density at radius 1 is 0.308 bits per heavy atom. The largest absolute Gasteiger partial charge is 0.416 e. The molecule has 0 amide bonds. The molecule has 570 valence electrons. The average Bonchev–Trinajstić information content (AvgIpc) is 1.66. The van der Waals surface area contributed by atoms with Crippen LogP contribution < -0.4 is 0 Å². The number of aryl methyl sites for hydroxylation is 3. The predicted octanol–water partition coefficient (Wildman–Crippen LogP) is 18.0. The highest BCUT2D eigenvalue weighted by Gasteiger charge is 2.31. The molecule has 117 heavy (non-hydrogen) atoms. The van der Waals surface area contributed by atoms with E-state index in [1.165, 1.54) is 72.0 Å². The summed E-state index contributed by atoms with van der Waals surface area (Å²) >= 11 is 0. The van der Waals surface area contributed by atoms with Gasteiger partial charge < -0.3 is 0 Å². The van der Waals surface area contributed by atoms with Gasteiger partial charge in [0.15, 0.2) is 0 Å². The Morgan fingerprint density at radius 3 is 1.03 bits per heavy atom. The first kappa shape index (κ1) is 74.1. The van der Waals surface area contributed by atoms with E-state index >= 15 is 0 Å². The monoisotopic (exact) mass is 1550 g/mol. The molecule has 1 saturated carbocycles. The van der Waals surface area contributed by atoms with Crippen molar-refractivity contribution >= 4 is 28.9 Å². The molecular formula is C88H63F5N24. The number of hydrogen-bond acceptors (Lipinski definition) is 19. The Kier molecular flexibility index (Phi) is 20.6. The van der Waals surface area contributed by atoms with Crippen molar-refractivity contribution in [3.8, 4) is 112 Å². The lowest BCUT2D eigenvalue weighted by molar-refractivity contribution is -0.137. The van der Waals surface area contributed by atoms with E-state index in [9.17, 15) is 22.0 Å². The van der Waals surface area contributed by atoms with Gasteiger partial charge in [0.05, 0.1) is 34.0 Å². The molecule has 15 heterocycles. The molecular weight excluding hydrogens is 1490 g/mol. The lowest BCUT2D eigenvalue weighted by atomic mass is 9.99. The minimum Gasteiger partial charge on any atom is -0.291 e. The van der Waals surface area contributed by atoms with Crippen LogP contribution >= 0.6 is 0 Å². The molecule has 24 nitrogen and oxygen atoms in total. The molecule has 0 atom stereocenters. The highest BCUT2D eigenvalue weighted by atomic mass is 19.4. The molecule has 0 saturated heterocycles. The Hall–Kier alpha value is -15.7. The number of nitrogens with zero attached hydrogens (tertiary/aromatic N) is 24. The smallest absolute Gasteiger partial charge is 0.291 e. The van der Waals surface area contributed by atoms with E-state index in [2.05, 4.69) is 151 Å². The molecule has 0 bridgehead atoms. The molecule has 20 aromatic rings. The summed E-state index contributed by atoms with van der Waals surface area (Å²) in [6.07, 6.45) is 34.4. The third-order valence-electron chi connectivity index (χ3n) is 19.2. The second kappa shape index (κ2) is 32.6. The first-order chi connectivity index (χ1) is 57.2. The molecule has 0 N–H and O–H groups in total. The molecule has 0 aliphatic heterocycles. The zero-order valence-electron chi connectivity index (χ0n) is 62.4. The number of hydrogen-bond donors (Lipinski definition) is 0. The zero-order valence-corrected chi connectivity index (χ0v) is 62.4. The van der Waals surface area contributed by atoms with E-state index < -0.39 is 11.7 Å². The molecule has 21 rings (SSSR count). The molecule has 1 fully saturated rings. The van der Waals surface area contributed by atoms with E-state index in [1.807, 2.05) is 109 Å². The Labute approximate surface area is 662 Å². The standard InChI is InChI=1S/C19H15N5.C18H13FN4.C17H10F3N5.C17H12FN5.C17H13N5/c1-3-14(13-6-7-13)9-15(4-1)18-17(5-2-8-20-18)16-10-21-19-22-12-23-24(19)11-16;1-12-9-13(4-5-16(12)19)17-15(3-2-6-20-17)14-10-22-18-21-7-8-23(18)11-14;18-17(19,20)13-4-1-3-11(7-13)15-14(5-2-6-21-15)12-8-22-16-23-10-24-25(16)9-12;1-11-7-12(4-5-15(11)18)16-14(3-2-6-19-16)13-8-20-17-21-10-22-23(17)9-13;1-12-4-2-5-13(8-12)16-15(6-3-7-18-16)14-9-19-17-20-11-21-22(17)10-14/h1-5,8-13H,6-7H2;2-11H,1H3;1-10H;2-10H,1H3;2-11H,1H3. The lowest BCUT2D eigenvalue weighted by Gasteiger charge is -2.11. The summed E-state index contributed by atoms with van der Waals surface area (Å²) in [4.78, 5) is 64.3. The van der Waals surface area contributed by atoms with Gasteiger partial charge in [0.1, 0.15) is 36.9 Å². The van der Waals surface area contributed by atoms with Crippen molar-refractivity contribution in [2.45, 2.75) is 45.7 Å². The van der Waals surface area contributed by atoms with Crippen LogP contribution in [-0.4, -0.2) is 118 Å². The number of alkyl halides is 3. The number of rotatable bonds is 11. The summed E-state index contributed by atoms with van der Waals surface area (Å²) in [5.74, 6) is 3.10. The SMILES string of the molecule is Cc1cc(-c2ncccc2-c2cnc3nccn3c2)ccc1F.Cc1cc(-c2ncccc2-c2cnc3ncnn3c2)ccc1F.Cc1cccc(-c2ncccc2-c2cnc3ncnn3c2)c1.FC(F)(F)c1cccc(-c2ncccc2-c2cnc3ncnn3c2)c1.c1cc(-c2ncccc2-c2cnc3ncnn3c2)cc(C2CC2)c1. The third kappa shape index (κ3) is 16.4. The van der Waals surface area contributed by atoms with Gasteiger partial charge in [0, 0.05) is 189 Å². The van der Waals surface area contributed by atoms with Crippen LogP contribution in [0.3, 0.4) is 0 Å². The van der Waals surface area contributed by atoms with Crippen molar-refractivity contribution < 1.29 is 22.0 Å². The molecule has 5 aromatic carbocycles. The van der Waals surface area contributed by atoms with Gasteiger partial charge in [0.2, 0.25) is 5.78 Å². The number of aromatic nitrogens is 24. The topological polar surface area (TPSA) is 267 Å². The van der Waals surface area contributed by atoms with Crippen molar-refractivity contribution in [2.24, 2.45) is 0 Å². The second-order valence-electron chi connectivity index (χ2n) is 27.1. The molecule has 0 unspecified atom stereocenters. The van der Waals surface area contributed by atoms with Crippen molar-refractivity contribution in [3.63, 3.8) is 0 Å². The van der Waals surface area contributed by atoms with Gasteiger partial charge in [0.25, 0.3) is 23.1 Å². The molecule has 29 heteroatoms. The zero-order chi connectivity index (χ0) is 79.9. The Balaban J connectivity index is 0.000000105. The van der Waals surface area contributed by atoms with Crippen LogP contribution in [0.15, 0.2) is 301 Å². The average molecular weight is 1550 g/mol. The van der Waals surface area contributed by atoms with Gasteiger partial charge in [-0.15, -0.1) is 0 Å². The molecule has 0 spiro atoms. The van der Waals surface area contributed by atoms with Crippen LogP contribution in [-0.2, 0) is 6.18 Å². The van der Waals surface area contributed by atoms with E-state index in [-0.39, 0.29) is 11.6 Å². The predicted molar refractivity (Wildman–Crippen MR) is 431 cm³/mol. The molecule has 15 aromatic heterocycles.